The quantitative estimate of drug-likeness (QED) is 0.555. The van der Waals surface area contributed by atoms with Crippen LogP contribution in [0.15, 0.2) is 59.1 Å². The van der Waals surface area contributed by atoms with Crippen molar-refractivity contribution in [2.24, 2.45) is 0 Å². The fraction of sp³-hybridized carbons (Fsp3) is 0. The van der Waals surface area contributed by atoms with Gasteiger partial charge >= 0.3 is 5.97 Å². The van der Waals surface area contributed by atoms with E-state index in [1.165, 1.54) is 18.3 Å². The van der Waals surface area contributed by atoms with Gasteiger partial charge in [-0.05, 0) is 36.4 Å². The molecule has 114 valence electrons. The molecule has 0 saturated carbocycles. The van der Waals surface area contributed by atoms with Gasteiger partial charge in [0.1, 0.15) is 5.52 Å². The van der Waals surface area contributed by atoms with Crippen molar-refractivity contribution in [3.05, 3.63) is 66.2 Å². The second kappa shape index (κ2) is 6.15. The summed E-state index contributed by atoms with van der Waals surface area (Å²) >= 11 is 0. The molecule has 2 aromatic carbocycles. The molecule has 0 spiro atoms. The number of carboxylic acid groups (broad SMARTS) is 1. The van der Waals surface area contributed by atoms with Crippen LogP contribution in [0.2, 0.25) is 0 Å². The number of allylic oxidation sites excluding steroid dienone is 1. The molecular formula is C17H12N2O4. The number of nitrogens with one attached hydrogen (secondary N) is 1. The highest BCUT2D eigenvalue weighted by Crippen LogP contribution is 2.20. The van der Waals surface area contributed by atoms with Gasteiger partial charge in [0.15, 0.2) is 11.9 Å². The number of oxazole rings is 1. The van der Waals surface area contributed by atoms with E-state index < -0.39 is 5.97 Å². The van der Waals surface area contributed by atoms with Gasteiger partial charge in [0.2, 0.25) is 5.89 Å². The number of para-hydroxylation sites is 2. The van der Waals surface area contributed by atoms with Crippen LogP contribution in [-0.4, -0.2) is 22.3 Å². The molecule has 0 aliphatic heterocycles. The Kier molecular flexibility index (Phi) is 3.88. The summed E-state index contributed by atoms with van der Waals surface area (Å²) in [6.45, 7) is 0. The average molecular weight is 308 g/mol. The lowest BCUT2D eigenvalue weighted by molar-refractivity contribution is -0.103. The van der Waals surface area contributed by atoms with Gasteiger partial charge in [-0.25, -0.2) is 9.78 Å². The third-order valence-electron chi connectivity index (χ3n) is 3.19. The minimum absolute atomic E-state index is 0.189. The Labute approximate surface area is 131 Å². The van der Waals surface area contributed by atoms with E-state index in [4.69, 9.17) is 9.52 Å². The van der Waals surface area contributed by atoms with Gasteiger partial charge in [-0.2, -0.15) is 0 Å². The van der Waals surface area contributed by atoms with Crippen LogP contribution in [-0.2, 0) is 4.79 Å². The lowest BCUT2D eigenvalue weighted by Gasteiger charge is -2.02. The number of carbonyl (C=O) groups excluding carboxylic acids is 1. The van der Waals surface area contributed by atoms with E-state index >= 15 is 0 Å². The maximum atomic E-state index is 11.3. The largest absolute Gasteiger partial charge is 0.478 e. The summed E-state index contributed by atoms with van der Waals surface area (Å²) in [6, 6.07) is 13.4. The second-order valence-corrected chi connectivity index (χ2v) is 4.73. The van der Waals surface area contributed by atoms with Crippen molar-refractivity contribution in [2.45, 2.75) is 0 Å². The molecule has 6 heteroatoms. The Balaban J connectivity index is 1.83. The predicted molar refractivity (Wildman–Crippen MR) is 85.1 cm³/mol. The number of nitrogens with zero attached hydrogens (tertiary/aromatic N) is 1. The van der Waals surface area contributed by atoms with Crippen molar-refractivity contribution in [1.82, 2.24) is 4.98 Å². The molecule has 0 aliphatic rings. The number of fused-ring (bicyclic) bond motifs is 1. The molecule has 0 atom stereocenters. The Hall–Kier alpha value is -3.41. The number of benzene rings is 2. The van der Waals surface area contributed by atoms with Crippen LogP contribution in [0.3, 0.4) is 0 Å². The Morgan fingerprint density at radius 3 is 2.52 bits per heavy atom. The smallest absolute Gasteiger partial charge is 0.335 e. The molecule has 0 fully saturated rings. The first-order valence-electron chi connectivity index (χ1n) is 6.78. The minimum atomic E-state index is -0.993. The minimum Gasteiger partial charge on any atom is -0.478 e. The molecular weight excluding hydrogens is 296 g/mol. The van der Waals surface area contributed by atoms with Crippen LogP contribution in [0, 0.1) is 0 Å². The van der Waals surface area contributed by atoms with Crippen molar-refractivity contribution in [1.29, 1.82) is 0 Å². The van der Waals surface area contributed by atoms with E-state index in [2.05, 4.69) is 10.3 Å². The van der Waals surface area contributed by atoms with Crippen LogP contribution >= 0.6 is 0 Å². The summed E-state index contributed by atoms with van der Waals surface area (Å²) in [4.78, 5) is 26.3. The highest BCUT2D eigenvalue weighted by atomic mass is 16.4. The van der Waals surface area contributed by atoms with Crippen LogP contribution in [0.5, 0.6) is 0 Å². The molecule has 2 N–H and O–H groups in total. The third-order valence-corrected chi connectivity index (χ3v) is 3.19. The highest BCUT2D eigenvalue weighted by Gasteiger charge is 2.10. The first-order valence-corrected chi connectivity index (χ1v) is 6.78. The number of aromatic carboxylic acids is 1. The van der Waals surface area contributed by atoms with Crippen LogP contribution in [0.4, 0.5) is 5.69 Å². The molecule has 0 amide bonds. The van der Waals surface area contributed by atoms with Crippen LogP contribution in [0.25, 0.3) is 16.7 Å². The number of carboxylic acids is 1. The molecule has 0 radical (unpaired) electrons. The fourth-order valence-electron chi connectivity index (χ4n) is 2.01. The molecule has 0 saturated heterocycles. The predicted octanol–water partition coefficient (Wildman–Crippen LogP) is 3.18. The van der Waals surface area contributed by atoms with Crippen molar-refractivity contribution < 1.29 is 19.1 Å². The number of hydrogen-bond donors (Lipinski definition) is 2. The molecule has 0 bridgehead atoms. The zero-order valence-corrected chi connectivity index (χ0v) is 11.9. The van der Waals surface area contributed by atoms with E-state index in [1.807, 2.05) is 12.1 Å². The monoisotopic (exact) mass is 308 g/mol. The van der Waals surface area contributed by atoms with E-state index in [0.717, 1.165) is 0 Å². The number of aromatic nitrogens is 1. The molecule has 3 rings (SSSR count). The molecule has 3 aromatic rings. The summed E-state index contributed by atoms with van der Waals surface area (Å²) in [6.07, 6.45) is 2.11. The first-order chi connectivity index (χ1) is 11.2. The van der Waals surface area contributed by atoms with E-state index in [0.29, 0.717) is 23.1 Å². The topological polar surface area (TPSA) is 92.4 Å². The Morgan fingerprint density at radius 2 is 1.87 bits per heavy atom. The second-order valence-electron chi connectivity index (χ2n) is 4.73. The first kappa shape index (κ1) is 14.5. The zero-order chi connectivity index (χ0) is 16.2. The summed E-state index contributed by atoms with van der Waals surface area (Å²) in [5.41, 5.74) is 2.35. The summed E-state index contributed by atoms with van der Waals surface area (Å²) in [5, 5.41) is 11.8. The molecule has 0 unspecified atom stereocenters. The summed E-state index contributed by atoms with van der Waals surface area (Å²) in [7, 11) is 0. The summed E-state index contributed by atoms with van der Waals surface area (Å²) < 4.78 is 5.53. The molecule has 6 nitrogen and oxygen atoms in total. The number of carbonyl (C=O) groups is 2. The van der Waals surface area contributed by atoms with Gasteiger partial charge in [-0.1, -0.05) is 12.1 Å². The zero-order valence-electron chi connectivity index (χ0n) is 11.9. The molecule has 0 aliphatic carbocycles. The molecule has 1 aromatic heterocycles. The lowest BCUT2D eigenvalue weighted by Crippen LogP contribution is -1.97. The van der Waals surface area contributed by atoms with Crippen molar-refractivity contribution in [2.75, 3.05) is 5.32 Å². The van der Waals surface area contributed by atoms with Gasteiger partial charge in [0, 0.05) is 11.9 Å². The van der Waals surface area contributed by atoms with E-state index in [1.54, 1.807) is 24.3 Å². The number of aldehydes is 1. The fourth-order valence-corrected chi connectivity index (χ4v) is 2.01. The highest BCUT2D eigenvalue weighted by molar-refractivity contribution is 6.06. The average Bonchev–Trinajstić information content (AvgIpc) is 2.99. The summed E-state index contributed by atoms with van der Waals surface area (Å²) in [5.74, 6) is -0.775. The van der Waals surface area contributed by atoms with Gasteiger partial charge < -0.3 is 14.8 Å². The number of anilines is 1. The van der Waals surface area contributed by atoms with E-state index in [9.17, 15) is 9.59 Å². The van der Waals surface area contributed by atoms with Gasteiger partial charge in [0.05, 0.1) is 11.1 Å². The van der Waals surface area contributed by atoms with Crippen molar-refractivity contribution in [3.8, 4) is 0 Å². The SMILES string of the molecule is O=C/C(=C\Nc1ccc(C(=O)O)cc1)c1nc2ccccc2o1. The Morgan fingerprint density at radius 1 is 1.13 bits per heavy atom. The van der Waals surface area contributed by atoms with Crippen LogP contribution in [0.1, 0.15) is 16.2 Å². The molecule has 23 heavy (non-hydrogen) atoms. The standard InChI is InChI=1S/C17H12N2O4/c20-10-12(16-19-14-3-1-2-4-15(14)23-16)9-18-13-7-5-11(6-8-13)17(21)22/h1-10,18H,(H,21,22)/b12-9+. The van der Waals surface area contributed by atoms with Gasteiger partial charge in [-0.3, -0.25) is 4.79 Å². The van der Waals surface area contributed by atoms with Gasteiger partial charge in [0.25, 0.3) is 0 Å². The normalized spacial score (nSPS) is 11.4. The van der Waals surface area contributed by atoms with Gasteiger partial charge in [-0.15, -0.1) is 0 Å². The molecule has 1 heterocycles. The third kappa shape index (κ3) is 3.11. The van der Waals surface area contributed by atoms with E-state index in [-0.39, 0.29) is 17.0 Å². The maximum Gasteiger partial charge on any atom is 0.335 e. The maximum absolute atomic E-state index is 11.3. The van der Waals surface area contributed by atoms with Crippen LogP contribution < -0.4 is 5.32 Å². The number of rotatable bonds is 5. The Bertz CT molecular complexity index is 861. The van der Waals surface area contributed by atoms with Crippen molar-refractivity contribution in [3.63, 3.8) is 0 Å². The van der Waals surface area contributed by atoms with Crippen molar-refractivity contribution >= 4 is 34.6 Å². The lowest BCUT2D eigenvalue weighted by atomic mass is 10.2. The number of hydrogen-bond acceptors (Lipinski definition) is 5.